The molecule has 1 unspecified atom stereocenters. The third-order valence-electron chi connectivity index (χ3n) is 4.90. The number of carboxylic acids is 1. The zero-order valence-corrected chi connectivity index (χ0v) is 16.0. The van der Waals surface area contributed by atoms with Crippen LogP contribution in [0.15, 0.2) is 48.5 Å². The van der Waals surface area contributed by atoms with Gasteiger partial charge in [-0.1, -0.05) is 76.2 Å². The zero-order valence-electron chi connectivity index (χ0n) is 16.0. The summed E-state index contributed by atoms with van der Waals surface area (Å²) in [6.45, 7) is 10.7. The molecule has 0 fully saturated rings. The molecule has 0 aliphatic rings. The van der Waals surface area contributed by atoms with Crippen molar-refractivity contribution in [3.8, 4) is 0 Å². The molecule has 0 amide bonds. The van der Waals surface area contributed by atoms with Crippen LogP contribution < -0.4 is 0 Å². The van der Waals surface area contributed by atoms with E-state index in [0.717, 1.165) is 24.0 Å². The molecule has 0 saturated heterocycles. The predicted molar refractivity (Wildman–Crippen MR) is 104 cm³/mol. The van der Waals surface area contributed by atoms with Crippen LogP contribution >= 0.6 is 0 Å². The molecule has 0 aliphatic carbocycles. The highest BCUT2D eigenvalue weighted by Crippen LogP contribution is 2.31. The average molecular weight is 338 g/mol. The van der Waals surface area contributed by atoms with E-state index in [1.165, 1.54) is 11.1 Å². The second-order valence-electron chi connectivity index (χ2n) is 8.11. The molecule has 0 radical (unpaired) electrons. The topological polar surface area (TPSA) is 37.3 Å². The molecule has 2 aromatic carbocycles. The van der Waals surface area contributed by atoms with Crippen LogP contribution in [-0.2, 0) is 23.1 Å². The van der Waals surface area contributed by atoms with Crippen molar-refractivity contribution in [2.24, 2.45) is 5.92 Å². The van der Waals surface area contributed by atoms with Crippen LogP contribution in [0.25, 0.3) is 0 Å². The van der Waals surface area contributed by atoms with E-state index >= 15 is 0 Å². The van der Waals surface area contributed by atoms with Gasteiger partial charge in [0.15, 0.2) is 0 Å². The van der Waals surface area contributed by atoms with Gasteiger partial charge < -0.3 is 5.11 Å². The van der Waals surface area contributed by atoms with Crippen LogP contribution in [0.3, 0.4) is 0 Å². The van der Waals surface area contributed by atoms with Crippen molar-refractivity contribution in [1.82, 2.24) is 0 Å². The minimum atomic E-state index is -0.775. The Morgan fingerprint density at radius 1 is 1.00 bits per heavy atom. The van der Waals surface area contributed by atoms with Crippen LogP contribution in [-0.4, -0.2) is 11.1 Å². The van der Waals surface area contributed by atoms with E-state index in [9.17, 15) is 9.90 Å². The number of benzene rings is 2. The van der Waals surface area contributed by atoms with Crippen LogP contribution in [0.2, 0.25) is 0 Å². The summed E-state index contributed by atoms with van der Waals surface area (Å²) in [5.74, 6) is -0.605. The van der Waals surface area contributed by atoms with Crippen molar-refractivity contribution in [1.29, 1.82) is 0 Å². The van der Waals surface area contributed by atoms with Gasteiger partial charge in [-0.15, -0.1) is 0 Å². The first-order chi connectivity index (χ1) is 11.7. The van der Waals surface area contributed by atoms with E-state index in [0.29, 0.717) is 5.92 Å². The molecule has 2 aromatic rings. The lowest BCUT2D eigenvalue weighted by atomic mass is 9.77. The summed E-state index contributed by atoms with van der Waals surface area (Å²) < 4.78 is 0. The van der Waals surface area contributed by atoms with Crippen molar-refractivity contribution < 1.29 is 9.90 Å². The summed E-state index contributed by atoms with van der Waals surface area (Å²) >= 11 is 0. The Hall–Kier alpha value is -2.09. The Balaban J connectivity index is 2.25. The number of hydrogen-bond donors (Lipinski definition) is 1. The maximum atomic E-state index is 11.4. The molecule has 0 bridgehead atoms. The molecular formula is C23H30O2. The minimum Gasteiger partial charge on any atom is -0.481 e. The molecule has 134 valence electrons. The summed E-state index contributed by atoms with van der Waals surface area (Å²) in [7, 11) is 0. The lowest BCUT2D eigenvalue weighted by molar-refractivity contribution is -0.138. The summed E-state index contributed by atoms with van der Waals surface area (Å²) in [5.41, 5.74) is 4.64. The molecule has 2 rings (SSSR count). The number of rotatable bonds is 7. The molecule has 0 spiro atoms. The largest absolute Gasteiger partial charge is 0.481 e. The van der Waals surface area contributed by atoms with Crippen molar-refractivity contribution in [2.45, 2.75) is 58.8 Å². The van der Waals surface area contributed by atoms with Crippen LogP contribution in [0, 0.1) is 5.92 Å². The highest BCUT2D eigenvalue weighted by atomic mass is 16.4. The first-order valence-electron chi connectivity index (χ1n) is 9.10. The van der Waals surface area contributed by atoms with Crippen LogP contribution in [0.1, 0.15) is 62.8 Å². The lowest BCUT2D eigenvalue weighted by Crippen LogP contribution is -2.22. The zero-order chi connectivity index (χ0) is 18.6. The molecule has 0 saturated carbocycles. The second kappa shape index (κ2) is 7.86. The van der Waals surface area contributed by atoms with Gasteiger partial charge in [0.25, 0.3) is 0 Å². The Kier molecular flexibility index (Phi) is 6.05. The quantitative estimate of drug-likeness (QED) is 0.714. The van der Waals surface area contributed by atoms with Gasteiger partial charge in [-0.2, -0.15) is 0 Å². The molecule has 2 heteroatoms. The highest BCUT2D eigenvalue weighted by molar-refractivity contribution is 5.76. The molecule has 1 N–H and O–H groups in total. The lowest BCUT2D eigenvalue weighted by Gasteiger charge is -2.27. The predicted octanol–water partition coefficient (Wildman–Crippen LogP) is 5.59. The second-order valence-corrected chi connectivity index (χ2v) is 8.11. The molecule has 1 atom stereocenters. The summed E-state index contributed by atoms with van der Waals surface area (Å²) in [6, 6.07) is 16.8. The molecule has 2 nitrogen and oxygen atoms in total. The maximum Gasteiger partial charge on any atom is 0.310 e. The van der Waals surface area contributed by atoms with Crippen molar-refractivity contribution in [3.05, 3.63) is 70.8 Å². The van der Waals surface area contributed by atoms with E-state index < -0.39 is 11.9 Å². The van der Waals surface area contributed by atoms with Gasteiger partial charge in [0.05, 0.1) is 5.92 Å². The summed E-state index contributed by atoms with van der Waals surface area (Å²) in [6.07, 6.45) is 1.92. The van der Waals surface area contributed by atoms with E-state index in [1.807, 2.05) is 18.2 Å². The number of carbonyl (C=O) groups is 1. The smallest absolute Gasteiger partial charge is 0.310 e. The summed E-state index contributed by atoms with van der Waals surface area (Å²) in [4.78, 5) is 11.4. The van der Waals surface area contributed by atoms with Crippen molar-refractivity contribution in [2.75, 3.05) is 0 Å². The van der Waals surface area contributed by atoms with Gasteiger partial charge in [-0.05, 0) is 53.4 Å². The van der Waals surface area contributed by atoms with Gasteiger partial charge >= 0.3 is 5.97 Å². The molecule has 0 aliphatic heterocycles. The van der Waals surface area contributed by atoms with E-state index in [2.05, 4.69) is 58.0 Å². The maximum absolute atomic E-state index is 11.4. The fraction of sp³-hybridized carbons (Fsp3) is 0.435. The molecule has 0 aromatic heterocycles. The summed E-state index contributed by atoms with van der Waals surface area (Å²) in [5, 5.41) is 9.38. The van der Waals surface area contributed by atoms with Gasteiger partial charge in [0.2, 0.25) is 0 Å². The van der Waals surface area contributed by atoms with Gasteiger partial charge in [0.1, 0.15) is 0 Å². The number of hydrogen-bond acceptors (Lipinski definition) is 1. The average Bonchev–Trinajstić information content (AvgIpc) is 2.54. The SMILES string of the molecule is CC(C)Cc1ccc(C(C)(C)Cc2ccccc2C(C)C(=O)O)cc1. The standard InChI is InChI=1S/C23H30O2/c1-16(2)14-18-10-12-20(13-11-18)23(4,5)15-19-8-6-7-9-21(19)17(3)22(24)25/h6-13,16-17H,14-15H2,1-5H3,(H,24,25). The third-order valence-corrected chi connectivity index (χ3v) is 4.90. The number of aliphatic carboxylic acids is 1. The monoisotopic (exact) mass is 338 g/mol. The van der Waals surface area contributed by atoms with Gasteiger partial charge in [0, 0.05) is 0 Å². The normalized spacial score (nSPS) is 13.0. The van der Waals surface area contributed by atoms with E-state index in [-0.39, 0.29) is 5.41 Å². The third kappa shape index (κ3) is 4.94. The Bertz CT molecular complexity index is 711. The van der Waals surface area contributed by atoms with Crippen molar-refractivity contribution >= 4 is 5.97 Å². The van der Waals surface area contributed by atoms with Gasteiger partial charge in [-0.25, -0.2) is 0 Å². The fourth-order valence-electron chi connectivity index (χ4n) is 3.39. The molecule has 25 heavy (non-hydrogen) atoms. The first-order valence-corrected chi connectivity index (χ1v) is 9.10. The van der Waals surface area contributed by atoms with Crippen LogP contribution in [0.5, 0.6) is 0 Å². The molecule has 0 heterocycles. The number of carboxylic acid groups (broad SMARTS) is 1. The Morgan fingerprint density at radius 2 is 1.60 bits per heavy atom. The van der Waals surface area contributed by atoms with Crippen LogP contribution in [0.4, 0.5) is 0 Å². The Labute approximate surface area is 151 Å². The van der Waals surface area contributed by atoms with E-state index in [4.69, 9.17) is 0 Å². The fourth-order valence-corrected chi connectivity index (χ4v) is 3.39. The van der Waals surface area contributed by atoms with Crippen molar-refractivity contribution in [3.63, 3.8) is 0 Å². The minimum absolute atomic E-state index is 0.0509. The molecular weight excluding hydrogens is 308 g/mol. The Morgan fingerprint density at radius 3 is 2.16 bits per heavy atom. The highest BCUT2D eigenvalue weighted by Gasteiger charge is 2.25. The van der Waals surface area contributed by atoms with E-state index in [1.54, 1.807) is 6.92 Å². The first kappa shape index (κ1) is 19.2. The van der Waals surface area contributed by atoms with Gasteiger partial charge in [-0.3, -0.25) is 4.79 Å².